The smallest absolute Gasteiger partial charge is 0.262 e. The normalized spacial score (nSPS) is 12.9. The average molecular weight is 282 g/mol. The Bertz CT molecular complexity index is 683. The van der Waals surface area contributed by atoms with Gasteiger partial charge in [0.15, 0.2) is 6.61 Å². The zero-order valence-electron chi connectivity index (χ0n) is 11.3. The van der Waals surface area contributed by atoms with Crippen LogP contribution in [0.1, 0.15) is 5.56 Å². The molecule has 0 saturated heterocycles. The van der Waals surface area contributed by atoms with E-state index in [0.29, 0.717) is 23.5 Å². The number of benzene rings is 2. The summed E-state index contributed by atoms with van der Waals surface area (Å²) < 4.78 is 5.27. The molecule has 106 valence electrons. The molecule has 2 N–H and O–H groups in total. The van der Waals surface area contributed by atoms with Crippen molar-refractivity contribution in [2.45, 2.75) is 6.42 Å². The van der Waals surface area contributed by atoms with Crippen molar-refractivity contribution in [3.8, 4) is 5.75 Å². The van der Waals surface area contributed by atoms with E-state index >= 15 is 0 Å². The van der Waals surface area contributed by atoms with Crippen LogP contribution in [-0.4, -0.2) is 18.4 Å². The molecule has 0 aliphatic carbocycles. The van der Waals surface area contributed by atoms with Gasteiger partial charge in [-0.15, -0.1) is 0 Å². The first-order chi connectivity index (χ1) is 10.2. The summed E-state index contributed by atoms with van der Waals surface area (Å²) in [6.45, 7) is 0.0205. The monoisotopic (exact) mass is 282 g/mol. The van der Waals surface area contributed by atoms with Gasteiger partial charge in [0.1, 0.15) is 5.75 Å². The van der Waals surface area contributed by atoms with Crippen LogP contribution in [0, 0.1) is 0 Å². The first-order valence-corrected chi connectivity index (χ1v) is 6.61. The summed E-state index contributed by atoms with van der Waals surface area (Å²) in [5.41, 5.74) is 2.15. The van der Waals surface area contributed by atoms with Gasteiger partial charge in [-0.05, 0) is 23.8 Å². The zero-order valence-corrected chi connectivity index (χ0v) is 11.3. The van der Waals surface area contributed by atoms with Crippen LogP contribution in [0.3, 0.4) is 0 Å². The number of anilines is 2. The lowest BCUT2D eigenvalue weighted by Gasteiger charge is -2.18. The number of hydrogen-bond acceptors (Lipinski definition) is 3. The number of hydrogen-bond donors (Lipinski definition) is 2. The molecule has 0 aromatic heterocycles. The summed E-state index contributed by atoms with van der Waals surface area (Å²) in [5, 5.41) is 5.52. The van der Waals surface area contributed by atoms with Crippen molar-refractivity contribution in [2.24, 2.45) is 0 Å². The third-order valence-corrected chi connectivity index (χ3v) is 3.10. The number of ether oxygens (including phenoxy) is 1. The lowest BCUT2D eigenvalue weighted by atomic mass is 10.1. The van der Waals surface area contributed by atoms with E-state index in [0.717, 1.165) is 5.56 Å². The van der Waals surface area contributed by atoms with Gasteiger partial charge >= 0.3 is 0 Å². The van der Waals surface area contributed by atoms with Crippen molar-refractivity contribution >= 4 is 23.2 Å². The van der Waals surface area contributed by atoms with Crippen LogP contribution in [0.5, 0.6) is 5.75 Å². The highest BCUT2D eigenvalue weighted by Crippen LogP contribution is 2.30. The molecule has 0 atom stereocenters. The fraction of sp³-hybridized carbons (Fsp3) is 0.125. The van der Waals surface area contributed by atoms with Crippen LogP contribution in [0.4, 0.5) is 11.4 Å². The van der Waals surface area contributed by atoms with Gasteiger partial charge < -0.3 is 15.4 Å². The maximum atomic E-state index is 12.0. The van der Waals surface area contributed by atoms with Crippen molar-refractivity contribution in [1.82, 2.24) is 0 Å². The molecular formula is C16H14N2O3. The summed E-state index contributed by atoms with van der Waals surface area (Å²) in [6, 6.07) is 14.7. The number of nitrogens with one attached hydrogen (secondary N) is 2. The number of fused-ring (bicyclic) bond motifs is 1. The minimum atomic E-state index is -0.199. The molecule has 2 aromatic rings. The van der Waals surface area contributed by atoms with E-state index in [1.54, 1.807) is 18.2 Å². The van der Waals surface area contributed by atoms with Crippen LogP contribution in [0.25, 0.3) is 0 Å². The van der Waals surface area contributed by atoms with Gasteiger partial charge in [-0.25, -0.2) is 0 Å². The van der Waals surface area contributed by atoms with Gasteiger partial charge in [0, 0.05) is 5.69 Å². The second-order valence-corrected chi connectivity index (χ2v) is 4.76. The van der Waals surface area contributed by atoms with Crippen LogP contribution in [0.15, 0.2) is 48.5 Å². The van der Waals surface area contributed by atoms with Crippen molar-refractivity contribution in [3.05, 3.63) is 54.1 Å². The van der Waals surface area contributed by atoms with Crippen molar-refractivity contribution in [1.29, 1.82) is 0 Å². The second kappa shape index (κ2) is 5.66. The highest BCUT2D eigenvalue weighted by molar-refractivity contribution is 5.97. The Morgan fingerprint density at radius 3 is 2.81 bits per heavy atom. The molecule has 3 rings (SSSR count). The van der Waals surface area contributed by atoms with Crippen molar-refractivity contribution in [3.63, 3.8) is 0 Å². The van der Waals surface area contributed by atoms with Gasteiger partial charge in [-0.2, -0.15) is 0 Å². The fourth-order valence-electron chi connectivity index (χ4n) is 2.15. The Hall–Kier alpha value is -2.82. The molecule has 5 heteroatoms. The standard InChI is InChI=1S/C16H14N2O3/c19-15(8-11-4-2-1-3-5-11)17-12-6-7-14-13(9-12)18-16(20)10-21-14/h1-7,9H,8,10H2,(H,17,19)(H,18,20). The summed E-state index contributed by atoms with van der Waals surface area (Å²) in [6.07, 6.45) is 0.306. The minimum absolute atomic E-state index is 0.0205. The topological polar surface area (TPSA) is 67.4 Å². The van der Waals surface area contributed by atoms with E-state index < -0.39 is 0 Å². The van der Waals surface area contributed by atoms with E-state index in [4.69, 9.17) is 4.74 Å². The third kappa shape index (κ3) is 3.20. The minimum Gasteiger partial charge on any atom is -0.482 e. The highest BCUT2D eigenvalue weighted by Gasteiger charge is 2.16. The quantitative estimate of drug-likeness (QED) is 0.907. The molecule has 21 heavy (non-hydrogen) atoms. The molecule has 1 heterocycles. The first-order valence-electron chi connectivity index (χ1n) is 6.61. The van der Waals surface area contributed by atoms with Crippen molar-refractivity contribution in [2.75, 3.05) is 17.2 Å². The molecular weight excluding hydrogens is 268 g/mol. The summed E-state index contributed by atoms with van der Waals surface area (Å²) in [4.78, 5) is 23.3. The van der Waals surface area contributed by atoms with Gasteiger partial charge in [-0.3, -0.25) is 9.59 Å². The molecule has 1 aliphatic rings. The summed E-state index contributed by atoms with van der Waals surface area (Å²) in [7, 11) is 0. The number of carbonyl (C=O) groups excluding carboxylic acids is 2. The number of carbonyl (C=O) groups is 2. The Morgan fingerprint density at radius 1 is 1.19 bits per heavy atom. The van der Waals surface area contributed by atoms with E-state index in [1.165, 1.54) is 0 Å². The van der Waals surface area contributed by atoms with E-state index in [2.05, 4.69) is 10.6 Å². The molecule has 0 saturated carbocycles. The van der Waals surface area contributed by atoms with Crippen molar-refractivity contribution < 1.29 is 14.3 Å². The number of amides is 2. The molecule has 0 unspecified atom stereocenters. The molecule has 2 amide bonds. The van der Waals surface area contributed by atoms with E-state index in [1.807, 2.05) is 30.3 Å². The molecule has 0 spiro atoms. The summed E-state index contributed by atoms with van der Waals surface area (Å²) in [5.74, 6) is 0.301. The Morgan fingerprint density at radius 2 is 2.00 bits per heavy atom. The van der Waals surface area contributed by atoms with Gasteiger partial charge in [0.05, 0.1) is 12.1 Å². The van der Waals surface area contributed by atoms with E-state index in [9.17, 15) is 9.59 Å². The SMILES string of the molecule is O=C(Cc1ccccc1)Nc1ccc2c(c1)NC(=O)CO2. The second-order valence-electron chi connectivity index (χ2n) is 4.76. The molecule has 0 radical (unpaired) electrons. The molecule has 0 fully saturated rings. The van der Waals surface area contributed by atoms with E-state index in [-0.39, 0.29) is 18.4 Å². The van der Waals surface area contributed by atoms with Gasteiger partial charge in [0.25, 0.3) is 5.91 Å². The Balaban J connectivity index is 1.69. The average Bonchev–Trinajstić information content (AvgIpc) is 2.47. The highest BCUT2D eigenvalue weighted by atomic mass is 16.5. The zero-order chi connectivity index (χ0) is 14.7. The molecule has 5 nitrogen and oxygen atoms in total. The largest absolute Gasteiger partial charge is 0.482 e. The van der Waals surface area contributed by atoms with Gasteiger partial charge in [0.2, 0.25) is 5.91 Å². The van der Waals surface area contributed by atoms with Crippen LogP contribution >= 0.6 is 0 Å². The Labute approximate surface area is 121 Å². The molecule has 2 aromatic carbocycles. The summed E-state index contributed by atoms with van der Waals surface area (Å²) >= 11 is 0. The first kappa shape index (κ1) is 13.2. The third-order valence-electron chi connectivity index (χ3n) is 3.10. The molecule has 0 bridgehead atoms. The maximum absolute atomic E-state index is 12.0. The lowest BCUT2D eigenvalue weighted by molar-refractivity contribution is -0.118. The number of rotatable bonds is 3. The van der Waals surface area contributed by atoms with Crippen LogP contribution in [0.2, 0.25) is 0 Å². The molecule has 1 aliphatic heterocycles. The van der Waals surface area contributed by atoms with Crippen LogP contribution < -0.4 is 15.4 Å². The maximum Gasteiger partial charge on any atom is 0.262 e. The lowest BCUT2D eigenvalue weighted by Crippen LogP contribution is -2.25. The van der Waals surface area contributed by atoms with Crippen LogP contribution in [-0.2, 0) is 16.0 Å². The fourth-order valence-corrected chi connectivity index (χ4v) is 2.15. The predicted octanol–water partition coefficient (Wildman–Crippen LogP) is 2.20. The van der Waals surface area contributed by atoms with Gasteiger partial charge in [-0.1, -0.05) is 30.3 Å². The Kier molecular flexibility index (Phi) is 3.55. The predicted molar refractivity (Wildman–Crippen MR) is 79.3 cm³/mol.